The fraction of sp³-hybridized carbons (Fsp3) is 0.545. The van der Waals surface area contributed by atoms with Crippen LogP contribution in [-0.2, 0) is 6.42 Å². The molecule has 0 saturated heterocycles. The van der Waals surface area contributed by atoms with E-state index in [1.165, 1.54) is 30.5 Å². The molecule has 1 heteroatoms. The third-order valence-electron chi connectivity index (χ3n) is 2.70. The van der Waals surface area contributed by atoms with E-state index in [2.05, 4.69) is 31.0 Å². The van der Waals surface area contributed by atoms with Crippen LogP contribution in [0.4, 0.5) is 0 Å². The summed E-state index contributed by atoms with van der Waals surface area (Å²) >= 11 is 0. The summed E-state index contributed by atoms with van der Waals surface area (Å²) in [6, 6.07) is 4.37. The predicted octanol–water partition coefficient (Wildman–Crippen LogP) is 2.83. The number of aromatic nitrogens is 1. The van der Waals surface area contributed by atoms with E-state index in [1.807, 2.05) is 0 Å². The van der Waals surface area contributed by atoms with Crippen LogP contribution in [0.15, 0.2) is 12.1 Å². The van der Waals surface area contributed by atoms with E-state index in [1.54, 1.807) is 0 Å². The molecule has 1 aliphatic carbocycles. The van der Waals surface area contributed by atoms with Gasteiger partial charge in [-0.05, 0) is 43.7 Å². The first-order chi connectivity index (χ1) is 5.77. The summed E-state index contributed by atoms with van der Waals surface area (Å²) in [5, 5.41) is 0. The Hall–Kier alpha value is -0.850. The van der Waals surface area contributed by atoms with Gasteiger partial charge in [-0.15, -0.1) is 0 Å². The number of aryl methyl sites for hydroxylation is 2. The molecule has 0 amide bonds. The molecule has 0 aromatic carbocycles. The highest BCUT2D eigenvalue weighted by atomic mass is 14.7. The summed E-state index contributed by atoms with van der Waals surface area (Å²) in [4.78, 5) is 4.59. The standard InChI is InChI=1S/C11H15N/c1-8-4-3-5-10-7-6-9(2)12-11(8)10/h6-8H,3-5H2,1-2H3/t8-/m0/s1. The molecule has 0 saturated carbocycles. The number of nitrogens with zero attached hydrogens (tertiary/aromatic N) is 1. The van der Waals surface area contributed by atoms with Gasteiger partial charge in [-0.25, -0.2) is 0 Å². The lowest BCUT2D eigenvalue weighted by atomic mass is 9.88. The Kier molecular flexibility index (Phi) is 1.87. The average Bonchev–Trinajstić information content (AvgIpc) is 2.07. The molecule has 12 heavy (non-hydrogen) atoms. The van der Waals surface area contributed by atoms with Crippen molar-refractivity contribution in [3.05, 3.63) is 29.1 Å². The Bertz CT molecular complexity index is 291. The van der Waals surface area contributed by atoms with E-state index in [-0.39, 0.29) is 0 Å². The van der Waals surface area contributed by atoms with Gasteiger partial charge in [0, 0.05) is 11.4 Å². The van der Waals surface area contributed by atoms with Gasteiger partial charge in [0.1, 0.15) is 0 Å². The third kappa shape index (κ3) is 1.24. The van der Waals surface area contributed by atoms with Crippen molar-refractivity contribution in [2.45, 2.75) is 39.0 Å². The molecule has 0 aliphatic heterocycles. The van der Waals surface area contributed by atoms with Gasteiger partial charge in [0.05, 0.1) is 0 Å². The lowest BCUT2D eigenvalue weighted by molar-refractivity contribution is 0.572. The van der Waals surface area contributed by atoms with Crippen LogP contribution in [0.2, 0.25) is 0 Å². The Morgan fingerprint density at radius 2 is 2.25 bits per heavy atom. The second kappa shape index (κ2) is 2.89. The van der Waals surface area contributed by atoms with Crippen molar-refractivity contribution in [2.24, 2.45) is 0 Å². The lowest BCUT2D eigenvalue weighted by Crippen LogP contribution is -2.09. The van der Waals surface area contributed by atoms with Gasteiger partial charge in [-0.1, -0.05) is 13.0 Å². The summed E-state index contributed by atoms with van der Waals surface area (Å²) in [7, 11) is 0. The molecular formula is C11H15N. The monoisotopic (exact) mass is 161 g/mol. The van der Waals surface area contributed by atoms with Crippen LogP contribution in [0.1, 0.15) is 42.6 Å². The second-order valence-electron chi connectivity index (χ2n) is 3.79. The Morgan fingerprint density at radius 1 is 1.42 bits per heavy atom. The molecule has 64 valence electrons. The minimum Gasteiger partial charge on any atom is -0.258 e. The summed E-state index contributed by atoms with van der Waals surface area (Å²) in [6.07, 6.45) is 3.87. The Labute approximate surface area is 73.8 Å². The van der Waals surface area contributed by atoms with Crippen molar-refractivity contribution in [1.29, 1.82) is 0 Å². The number of pyridine rings is 1. The van der Waals surface area contributed by atoms with Gasteiger partial charge in [0.25, 0.3) is 0 Å². The third-order valence-corrected chi connectivity index (χ3v) is 2.70. The zero-order chi connectivity index (χ0) is 8.55. The summed E-state index contributed by atoms with van der Waals surface area (Å²) < 4.78 is 0. The van der Waals surface area contributed by atoms with Crippen LogP contribution in [-0.4, -0.2) is 4.98 Å². The molecule has 1 aromatic rings. The van der Waals surface area contributed by atoms with Gasteiger partial charge < -0.3 is 0 Å². The number of rotatable bonds is 0. The predicted molar refractivity (Wildman–Crippen MR) is 50.3 cm³/mol. The van der Waals surface area contributed by atoms with Crippen LogP contribution in [0.25, 0.3) is 0 Å². The van der Waals surface area contributed by atoms with Crippen LogP contribution in [0, 0.1) is 6.92 Å². The minimum atomic E-state index is 0.675. The minimum absolute atomic E-state index is 0.675. The smallest absolute Gasteiger partial charge is 0.0466 e. The van der Waals surface area contributed by atoms with Gasteiger partial charge in [-0.3, -0.25) is 4.98 Å². The molecule has 2 rings (SSSR count). The molecule has 0 bridgehead atoms. The Morgan fingerprint density at radius 3 is 3.08 bits per heavy atom. The van der Waals surface area contributed by atoms with Crippen molar-refractivity contribution in [3.63, 3.8) is 0 Å². The van der Waals surface area contributed by atoms with E-state index in [4.69, 9.17) is 0 Å². The summed E-state index contributed by atoms with van der Waals surface area (Å²) in [6.45, 7) is 4.35. The first kappa shape index (κ1) is 7.78. The maximum atomic E-state index is 4.59. The van der Waals surface area contributed by atoms with E-state index < -0.39 is 0 Å². The quantitative estimate of drug-likeness (QED) is 0.570. The van der Waals surface area contributed by atoms with Gasteiger partial charge in [0.15, 0.2) is 0 Å². The molecule has 0 radical (unpaired) electrons. The SMILES string of the molecule is Cc1ccc2c(n1)[C@@H](C)CCC2. The molecule has 1 atom stereocenters. The molecule has 0 spiro atoms. The maximum Gasteiger partial charge on any atom is 0.0466 e. The molecule has 1 aliphatic rings. The molecule has 0 fully saturated rings. The number of hydrogen-bond donors (Lipinski definition) is 0. The van der Waals surface area contributed by atoms with Crippen molar-refractivity contribution in [2.75, 3.05) is 0 Å². The topological polar surface area (TPSA) is 12.9 Å². The fourth-order valence-electron chi connectivity index (χ4n) is 1.98. The normalized spacial score (nSPS) is 22.0. The first-order valence-corrected chi connectivity index (χ1v) is 4.74. The molecule has 1 nitrogen and oxygen atoms in total. The molecule has 0 N–H and O–H groups in total. The average molecular weight is 161 g/mol. The lowest BCUT2D eigenvalue weighted by Gasteiger charge is -2.21. The highest BCUT2D eigenvalue weighted by Crippen LogP contribution is 2.29. The van der Waals surface area contributed by atoms with E-state index in [9.17, 15) is 0 Å². The first-order valence-electron chi connectivity index (χ1n) is 4.74. The molecule has 1 aromatic heterocycles. The van der Waals surface area contributed by atoms with Crippen molar-refractivity contribution in [1.82, 2.24) is 4.98 Å². The maximum absolute atomic E-state index is 4.59. The highest BCUT2D eigenvalue weighted by molar-refractivity contribution is 5.27. The largest absolute Gasteiger partial charge is 0.258 e. The van der Waals surface area contributed by atoms with Crippen LogP contribution in [0.5, 0.6) is 0 Å². The van der Waals surface area contributed by atoms with Crippen molar-refractivity contribution >= 4 is 0 Å². The zero-order valence-corrected chi connectivity index (χ0v) is 7.80. The van der Waals surface area contributed by atoms with Crippen LogP contribution in [0.3, 0.4) is 0 Å². The van der Waals surface area contributed by atoms with Crippen molar-refractivity contribution < 1.29 is 0 Å². The van der Waals surface area contributed by atoms with Crippen LogP contribution >= 0.6 is 0 Å². The van der Waals surface area contributed by atoms with E-state index in [0.29, 0.717) is 5.92 Å². The van der Waals surface area contributed by atoms with Gasteiger partial charge >= 0.3 is 0 Å². The highest BCUT2D eigenvalue weighted by Gasteiger charge is 2.16. The summed E-state index contributed by atoms with van der Waals surface area (Å²) in [5.41, 5.74) is 3.98. The molecular weight excluding hydrogens is 146 g/mol. The Balaban J connectivity index is 2.47. The van der Waals surface area contributed by atoms with E-state index in [0.717, 1.165) is 5.69 Å². The summed E-state index contributed by atoms with van der Waals surface area (Å²) in [5.74, 6) is 0.675. The molecule has 0 unspecified atom stereocenters. The van der Waals surface area contributed by atoms with Crippen LogP contribution < -0.4 is 0 Å². The van der Waals surface area contributed by atoms with Gasteiger partial charge in [-0.2, -0.15) is 0 Å². The number of hydrogen-bond acceptors (Lipinski definition) is 1. The fourth-order valence-corrected chi connectivity index (χ4v) is 1.98. The van der Waals surface area contributed by atoms with E-state index >= 15 is 0 Å². The zero-order valence-electron chi connectivity index (χ0n) is 7.80. The number of fused-ring (bicyclic) bond motifs is 1. The van der Waals surface area contributed by atoms with Crippen molar-refractivity contribution in [3.8, 4) is 0 Å². The second-order valence-corrected chi connectivity index (χ2v) is 3.79. The molecule has 1 heterocycles. The van der Waals surface area contributed by atoms with Gasteiger partial charge in [0.2, 0.25) is 0 Å².